The number of benzene rings is 4. The number of para-hydroxylation sites is 1. The molecule has 0 bridgehead atoms. The highest BCUT2D eigenvalue weighted by molar-refractivity contribution is 7.89. The summed E-state index contributed by atoms with van der Waals surface area (Å²) in [5, 5.41) is 0.531. The van der Waals surface area contributed by atoms with Crippen LogP contribution in [0.15, 0.2) is 114 Å². The molecule has 198 valence electrons. The van der Waals surface area contributed by atoms with Gasteiger partial charge < -0.3 is 0 Å². The van der Waals surface area contributed by atoms with Crippen LogP contribution in [0.3, 0.4) is 0 Å². The van der Waals surface area contributed by atoms with E-state index in [9.17, 15) is 13.2 Å². The first kappa shape index (κ1) is 25.7. The molecule has 2 heterocycles. The van der Waals surface area contributed by atoms with Gasteiger partial charge in [0.05, 0.1) is 5.69 Å². The third-order valence-electron chi connectivity index (χ3n) is 6.49. The molecule has 4 aromatic carbocycles. The Morgan fingerprint density at radius 2 is 1.23 bits per heavy atom. The highest BCUT2D eigenvalue weighted by Crippen LogP contribution is 2.28. The molecular formula is C31H23ClN4O3S. The Labute approximate surface area is 235 Å². The average molecular weight is 567 g/mol. The molecule has 0 radical (unpaired) electrons. The van der Waals surface area contributed by atoms with E-state index < -0.39 is 15.4 Å². The van der Waals surface area contributed by atoms with E-state index in [0.29, 0.717) is 27.8 Å². The molecule has 0 aliphatic heterocycles. The van der Waals surface area contributed by atoms with Gasteiger partial charge >= 0.3 is 0 Å². The number of halogens is 1. The summed E-state index contributed by atoms with van der Waals surface area (Å²) in [6, 6.07) is 33.9. The maximum atomic E-state index is 14.1. The van der Waals surface area contributed by atoms with Gasteiger partial charge in [0.1, 0.15) is 17.4 Å². The van der Waals surface area contributed by atoms with Crippen LogP contribution in [0, 0.1) is 0 Å². The van der Waals surface area contributed by atoms with Crippen LogP contribution in [-0.2, 0) is 15.6 Å². The van der Waals surface area contributed by atoms with E-state index in [-0.39, 0.29) is 22.7 Å². The van der Waals surface area contributed by atoms with Crippen molar-refractivity contribution in [2.45, 2.75) is 5.75 Å². The Hall–Kier alpha value is -4.53. The molecule has 2 aromatic heterocycles. The summed E-state index contributed by atoms with van der Waals surface area (Å²) >= 11 is 6.14. The standard InChI is InChI=1S/C31H23ClN4O3S/c1-40(38,39)20-27-33-28-30(35(27)25-10-6-3-7-11-25)34-29(36(31(28)37)26-18-16-24(32)17-19-26)23-14-12-22(13-15-23)21-8-4-2-5-9-21/h2-19H,20H2,1H3. The lowest BCUT2D eigenvalue weighted by molar-refractivity contribution is 0.599. The fourth-order valence-corrected chi connectivity index (χ4v) is 5.49. The highest BCUT2D eigenvalue weighted by Gasteiger charge is 2.24. The quantitative estimate of drug-likeness (QED) is 0.243. The van der Waals surface area contributed by atoms with Crippen LogP contribution in [0.4, 0.5) is 0 Å². The first-order valence-corrected chi connectivity index (χ1v) is 14.9. The third-order valence-corrected chi connectivity index (χ3v) is 7.53. The second-order valence-electron chi connectivity index (χ2n) is 9.44. The summed E-state index contributed by atoms with van der Waals surface area (Å²) in [4.78, 5) is 23.6. The van der Waals surface area contributed by atoms with Crippen LogP contribution in [0.25, 0.3) is 45.1 Å². The minimum Gasteiger partial charge on any atom is -0.280 e. The van der Waals surface area contributed by atoms with Crippen molar-refractivity contribution in [3.05, 3.63) is 130 Å². The number of imidazole rings is 1. The van der Waals surface area contributed by atoms with Gasteiger partial charge in [0, 0.05) is 22.5 Å². The van der Waals surface area contributed by atoms with Gasteiger partial charge in [0.25, 0.3) is 5.56 Å². The highest BCUT2D eigenvalue weighted by atomic mass is 35.5. The monoisotopic (exact) mass is 566 g/mol. The van der Waals surface area contributed by atoms with Crippen LogP contribution in [0.2, 0.25) is 5.02 Å². The van der Waals surface area contributed by atoms with Crippen LogP contribution in [0.5, 0.6) is 0 Å². The van der Waals surface area contributed by atoms with E-state index in [4.69, 9.17) is 16.6 Å². The van der Waals surface area contributed by atoms with E-state index in [1.807, 2.05) is 84.9 Å². The van der Waals surface area contributed by atoms with Gasteiger partial charge in [-0.05, 0) is 47.5 Å². The molecule has 40 heavy (non-hydrogen) atoms. The number of aromatic nitrogens is 4. The summed E-state index contributed by atoms with van der Waals surface area (Å²) in [5.41, 5.74) is 3.95. The van der Waals surface area contributed by atoms with Crippen molar-refractivity contribution < 1.29 is 8.42 Å². The van der Waals surface area contributed by atoms with Crippen molar-refractivity contribution in [2.75, 3.05) is 6.26 Å². The van der Waals surface area contributed by atoms with Gasteiger partial charge in [0.15, 0.2) is 21.0 Å². The van der Waals surface area contributed by atoms with Crippen molar-refractivity contribution in [3.8, 4) is 33.9 Å². The molecule has 9 heteroatoms. The normalized spacial score (nSPS) is 11.7. The molecule has 0 fully saturated rings. The summed E-state index contributed by atoms with van der Waals surface area (Å²) in [7, 11) is -3.46. The molecule has 0 atom stereocenters. The number of fused-ring (bicyclic) bond motifs is 1. The fraction of sp³-hybridized carbons (Fsp3) is 0.0645. The maximum Gasteiger partial charge on any atom is 0.286 e. The topological polar surface area (TPSA) is 86.8 Å². The first-order valence-electron chi connectivity index (χ1n) is 12.5. The van der Waals surface area contributed by atoms with Gasteiger partial charge in [0.2, 0.25) is 0 Å². The lowest BCUT2D eigenvalue weighted by atomic mass is 10.0. The summed E-state index contributed by atoms with van der Waals surface area (Å²) < 4.78 is 27.8. The fourth-order valence-electron chi connectivity index (χ4n) is 4.70. The maximum absolute atomic E-state index is 14.1. The van der Waals surface area contributed by atoms with Crippen LogP contribution >= 0.6 is 11.6 Å². The number of hydrogen-bond donors (Lipinski definition) is 0. The Morgan fingerprint density at radius 1 is 0.675 bits per heavy atom. The zero-order chi connectivity index (χ0) is 27.9. The summed E-state index contributed by atoms with van der Waals surface area (Å²) in [5.74, 6) is 0.259. The second kappa shape index (κ2) is 10.2. The molecule has 6 aromatic rings. The third kappa shape index (κ3) is 4.95. The minimum absolute atomic E-state index is 0.0714. The molecule has 6 rings (SSSR count). The van der Waals surface area contributed by atoms with Crippen molar-refractivity contribution in [2.24, 2.45) is 0 Å². The van der Waals surface area contributed by atoms with Gasteiger partial charge in [-0.2, -0.15) is 0 Å². The SMILES string of the molecule is CS(=O)(=O)Cc1nc2c(=O)n(-c3ccc(Cl)cc3)c(-c3ccc(-c4ccccc4)cc3)nc2n1-c1ccccc1. The summed E-state index contributed by atoms with van der Waals surface area (Å²) in [6.07, 6.45) is 1.14. The van der Waals surface area contributed by atoms with Gasteiger partial charge in [-0.15, -0.1) is 0 Å². The molecule has 0 saturated carbocycles. The zero-order valence-corrected chi connectivity index (χ0v) is 23.0. The molecule has 0 saturated heterocycles. The average Bonchev–Trinajstić information content (AvgIpc) is 3.31. The van der Waals surface area contributed by atoms with E-state index >= 15 is 0 Å². The predicted molar refractivity (Wildman–Crippen MR) is 159 cm³/mol. The smallest absolute Gasteiger partial charge is 0.280 e. The van der Waals surface area contributed by atoms with Gasteiger partial charge in [-0.1, -0.05) is 84.4 Å². The molecule has 0 amide bonds. The largest absolute Gasteiger partial charge is 0.286 e. The van der Waals surface area contributed by atoms with E-state index in [1.165, 1.54) is 4.57 Å². The number of hydrogen-bond acceptors (Lipinski definition) is 5. The van der Waals surface area contributed by atoms with Gasteiger partial charge in [-0.25, -0.2) is 18.4 Å². The van der Waals surface area contributed by atoms with Crippen LogP contribution < -0.4 is 5.56 Å². The van der Waals surface area contributed by atoms with Crippen LogP contribution in [0.1, 0.15) is 5.82 Å². The molecule has 0 unspecified atom stereocenters. The number of rotatable bonds is 6. The van der Waals surface area contributed by atoms with Crippen molar-refractivity contribution in [1.82, 2.24) is 19.1 Å². The predicted octanol–water partition coefficient (Wildman–Crippen LogP) is 6.10. The second-order valence-corrected chi connectivity index (χ2v) is 12.0. The van der Waals surface area contributed by atoms with Gasteiger partial charge in [-0.3, -0.25) is 13.9 Å². The molecule has 0 aliphatic carbocycles. The Morgan fingerprint density at radius 3 is 1.85 bits per heavy atom. The van der Waals surface area contributed by atoms with E-state index in [2.05, 4.69) is 4.98 Å². The van der Waals surface area contributed by atoms with E-state index in [0.717, 1.165) is 17.4 Å². The Balaban J connectivity index is 1.65. The van der Waals surface area contributed by atoms with Crippen molar-refractivity contribution in [1.29, 1.82) is 0 Å². The lowest BCUT2D eigenvalue weighted by Gasteiger charge is -2.14. The van der Waals surface area contributed by atoms with E-state index in [1.54, 1.807) is 28.8 Å². The minimum atomic E-state index is -3.46. The number of sulfone groups is 1. The number of nitrogens with zero attached hydrogens (tertiary/aromatic N) is 4. The molecule has 0 aliphatic rings. The molecular weight excluding hydrogens is 544 g/mol. The van der Waals surface area contributed by atoms with Crippen molar-refractivity contribution >= 4 is 32.6 Å². The Kier molecular flexibility index (Phi) is 6.57. The Bertz CT molecular complexity index is 2000. The lowest BCUT2D eigenvalue weighted by Crippen LogP contribution is -2.22. The molecule has 0 spiro atoms. The summed E-state index contributed by atoms with van der Waals surface area (Å²) in [6.45, 7) is 0. The van der Waals surface area contributed by atoms with Crippen molar-refractivity contribution in [3.63, 3.8) is 0 Å². The molecule has 7 nitrogen and oxygen atoms in total. The molecule has 0 N–H and O–H groups in total. The van der Waals surface area contributed by atoms with Crippen LogP contribution in [-0.4, -0.2) is 33.8 Å². The zero-order valence-electron chi connectivity index (χ0n) is 21.4. The first-order chi connectivity index (χ1) is 19.3.